The first kappa shape index (κ1) is 27.3. The van der Waals surface area contributed by atoms with Crippen molar-refractivity contribution in [2.75, 3.05) is 0 Å². The molecule has 0 saturated heterocycles. The molecule has 0 aromatic heterocycles. The quantitative estimate of drug-likeness (QED) is 0.224. The number of hydrogen-bond donors (Lipinski definition) is 0. The van der Waals surface area contributed by atoms with Gasteiger partial charge in [-0.3, -0.25) is 0 Å². The zero-order chi connectivity index (χ0) is 22.2. The minimum absolute atomic E-state index is 0.708. The molecule has 0 amide bonds. The van der Waals surface area contributed by atoms with Gasteiger partial charge in [0.05, 0.1) is 0 Å². The Labute approximate surface area is 190 Å². The van der Waals surface area contributed by atoms with E-state index >= 15 is 0 Å². The van der Waals surface area contributed by atoms with Gasteiger partial charge in [-0.1, -0.05) is 111 Å². The van der Waals surface area contributed by atoms with Gasteiger partial charge in [0.25, 0.3) is 0 Å². The smallest absolute Gasteiger partial charge is 0.0143 e. The second-order valence-corrected chi connectivity index (χ2v) is 9.64. The van der Waals surface area contributed by atoms with Gasteiger partial charge >= 0.3 is 0 Å². The van der Waals surface area contributed by atoms with Crippen LogP contribution >= 0.6 is 0 Å². The van der Waals surface area contributed by atoms with E-state index in [0.29, 0.717) is 5.92 Å². The Morgan fingerprint density at radius 1 is 0.567 bits per heavy atom. The molecule has 0 saturated carbocycles. The highest BCUT2D eigenvalue weighted by Crippen LogP contribution is 2.42. The Hall–Kier alpha value is -0.780. The van der Waals surface area contributed by atoms with E-state index in [2.05, 4.69) is 59.7 Å². The van der Waals surface area contributed by atoms with Crippen molar-refractivity contribution >= 4 is 0 Å². The van der Waals surface area contributed by atoms with Gasteiger partial charge in [-0.05, 0) is 79.0 Å². The Kier molecular flexibility index (Phi) is 15.3. The molecule has 0 aliphatic carbocycles. The van der Waals surface area contributed by atoms with Crippen molar-refractivity contribution in [3.05, 3.63) is 34.9 Å². The van der Waals surface area contributed by atoms with Crippen LogP contribution in [0.1, 0.15) is 172 Å². The molecular formula is C30H53. The van der Waals surface area contributed by atoms with Crippen LogP contribution in [0.25, 0.3) is 0 Å². The van der Waals surface area contributed by atoms with E-state index in [9.17, 15) is 0 Å². The SMILES string of the molecule is CCCCC(CCC)c1[c]ccc(C(CCC)CCCC)c1C(CCC)CCCC. The van der Waals surface area contributed by atoms with Crippen LogP contribution < -0.4 is 0 Å². The third kappa shape index (κ3) is 8.76. The third-order valence-corrected chi connectivity index (χ3v) is 6.99. The molecule has 30 heavy (non-hydrogen) atoms. The number of unbranched alkanes of at least 4 members (excludes halogenated alkanes) is 3. The maximum atomic E-state index is 3.84. The van der Waals surface area contributed by atoms with Crippen molar-refractivity contribution in [3.63, 3.8) is 0 Å². The first-order chi connectivity index (χ1) is 14.7. The van der Waals surface area contributed by atoms with Gasteiger partial charge in [0.1, 0.15) is 0 Å². The van der Waals surface area contributed by atoms with Crippen molar-refractivity contribution in [1.29, 1.82) is 0 Å². The van der Waals surface area contributed by atoms with E-state index in [0.717, 1.165) is 11.8 Å². The predicted molar refractivity (Wildman–Crippen MR) is 137 cm³/mol. The van der Waals surface area contributed by atoms with Gasteiger partial charge in [-0.25, -0.2) is 0 Å². The van der Waals surface area contributed by atoms with Crippen molar-refractivity contribution in [2.45, 2.75) is 156 Å². The predicted octanol–water partition coefficient (Wildman–Crippen LogP) is 10.7. The molecule has 173 valence electrons. The fourth-order valence-corrected chi connectivity index (χ4v) is 5.41. The van der Waals surface area contributed by atoms with E-state index in [4.69, 9.17) is 0 Å². The minimum atomic E-state index is 0.708. The second-order valence-electron chi connectivity index (χ2n) is 9.64. The van der Waals surface area contributed by atoms with Crippen molar-refractivity contribution < 1.29 is 0 Å². The summed E-state index contributed by atoms with van der Waals surface area (Å²) in [6.45, 7) is 14.2. The van der Waals surface area contributed by atoms with Crippen LogP contribution in [-0.4, -0.2) is 0 Å². The topological polar surface area (TPSA) is 0 Å². The van der Waals surface area contributed by atoms with Crippen LogP contribution in [0.5, 0.6) is 0 Å². The molecule has 0 bridgehead atoms. The summed E-state index contributed by atoms with van der Waals surface area (Å²) in [5, 5.41) is 0. The summed E-state index contributed by atoms with van der Waals surface area (Å²) in [5.41, 5.74) is 5.10. The van der Waals surface area contributed by atoms with Crippen molar-refractivity contribution in [2.24, 2.45) is 0 Å². The largest absolute Gasteiger partial charge is 0.0654 e. The number of benzene rings is 1. The molecular weight excluding hydrogens is 360 g/mol. The number of rotatable bonds is 18. The molecule has 0 aliphatic heterocycles. The van der Waals surface area contributed by atoms with Crippen LogP contribution in [-0.2, 0) is 0 Å². The second kappa shape index (κ2) is 16.9. The standard InChI is InChI=1S/C30H53/c1-7-13-20-25(17-10-4)28-23-16-24-29(26(18-11-5)21-14-8-2)30(28)27(19-12-6)22-15-9-3/h16,23,25-27H,7-15,17-22H2,1-6H3. The molecule has 1 aromatic rings. The van der Waals surface area contributed by atoms with Gasteiger partial charge in [0.2, 0.25) is 0 Å². The summed E-state index contributed by atoms with van der Waals surface area (Å²) in [6.07, 6.45) is 20.0. The van der Waals surface area contributed by atoms with E-state index < -0.39 is 0 Å². The zero-order valence-corrected chi connectivity index (χ0v) is 21.5. The van der Waals surface area contributed by atoms with Gasteiger partial charge < -0.3 is 0 Å². The lowest BCUT2D eigenvalue weighted by Crippen LogP contribution is -2.14. The molecule has 0 heterocycles. The average Bonchev–Trinajstić information content (AvgIpc) is 2.76. The summed E-state index contributed by atoms with van der Waals surface area (Å²) in [4.78, 5) is 0. The summed E-state index contributed by atoms with van der Waals surface area (Å²) >= 11 is 0. The van der Waals surface area contributed by atoms with Crippen LogP contribution in [0.4, 0.5) is 0 Å². The highest BCUT2D eigenvalue weighted by molar-refractivity contribution is 5.42. The molecule has 0 spiro atoms. The van der Waals surface area contributed by atoms with Crippen molar-refractivity contribution in [1.82, 2.24) is 0 Å². The maximum Gasteiger partial charge on any atom is -0.0143 e. The Morgan fingerprint density at radius 2 is 1.03 bits per heavy atom. The van der Waals surface area contributed by atoms with Crippen LogP contribution in [0.15, 0.2) is 12.1 Å². The summed E-state index contributed by atoms with van der Waals surface area (Å²) in [5.74, 6) is 2.19. The molecule has 1 aromatic carbocycles. The van der Waals surface area contributed by atoms with Crippen LogP contribution in [0, 0.1) is 6.07 Å². The van der Waals surface area contributed by atoms with Crippen LogP contribution in [0.2, 0.25) is 0 Å². The molecule has 0 nitrogen and oxygen atoms in total. The summed E-state index contributed by atoms with van der Waals surface area (Å²) in [6, 6.07) is 8.61. The fourth-order valence-electron chi connectivity index (χ4n) is 5.41. The third-order valence-electron chi connectivity index (χ3n) is 6.99. The van der Waals surface area contributed by atoms with Gasteiger partial charge in [0.15, 0.2) is 0 Å². The summed E-state index contributed by atoms with van der Waals surface area (Å²) < 4.78 is 0. The Balaban J connectivity index is 3.52. The molecule has 3 unspecified atom stereocenters. The molecule has 0 N–H and O–H groups in total. The lowest BCUT2D eigenvalue weighted by Gasteiger charge is -2.31. The summed E-state index contributed by atoms with van der Waals surface area (Å²) in [7, 11) is 0. The van der Waals surface area contributed by atoms with Gasteiger partial charge in [0, 0.05) is 0 Å². The molecule has 0 fully saturated rings. The molecule has 1 radical (unpaired) electrons. The molecule has 3 atom stereocenters. The molecule has 0 heteroatoms. The molecule has 1 rings (SSSR count). The monoisotopic (exact) mass is 413 g/mol. The maximum absolute atomic E-state index is 3.84. The van der Waals surface area contributed by atoms with E-state index in [1.165, 1.54) is 96.3 Å². The molecule has 0 aliphatic rings. The van der Waals surface area contributed by atoms with Gasteiger partial charge in [-0.15, -0.1) is 0 Å². The first-order valence-corrected chi connectivity index (χ1v) is 13.7. The van der Waals surface area contributed by atoms with E-state index in [1.54, 1.807) is 16.7 Å². The lowest BCUT2D eigenvalue weighted by molar-refractivity contribution is 0.487. The minimum Gasteiger partial charge on any atom is -0.0654 e. The zero-order valence-electron chi connectivity index (χ0n) is 21.5. The Morgan fingerprint density at radius 3 is 1.57 bits per heavy atom. The lowest BCUT2D eigenvalue weighted by atomic mass is 9.74. The number of hydrogen-bond acceptors (Lipinski definition) is 0. The highest BCUT2D eigenvalue weighted by Gasteiger charge is 2.26. The fraction of sp³-hybridized carbons (Fsp3) is 0.800. The Bertz CT molecular complexity index is 493. The average molecular weight is 414 g/mol. The van der Waals surface area contributed by atoms with Gasteiger partial charge in [-0.2, -0.15) is 0 Å². The van der Waals surface area contributed by atoms with Crippen molar-refractivity contribution in [3.8, 4) is 0 Å². The normalized spacial score (nSPS) is 14.6. The highest BCUT2D eigenvalue weighted by atomic mass is 14.3. The first-order valence-electron chi connectivity index (χ1n) is 13.7. The van der Waals surface area contributed by atoms with E-state index in [-0.39, 0.29) is 0 Å². The van der Waals surface area contributed by atoms with E-state index in [1.807, 2.05) is 0 Å². The van der Waals surface area contributed by atoms with Crippen LogP contribution in [0.3, 0.4) is 0 Å².